The molecule has 0 fully saturated rings. The largest absolute Gasteiger partial charge is 0.396 e. The number of nitrogens with zero attached hydrogens (tertiary/aromatic N) is 1. The Morgan fingerprint density at radius 1 is 1.33 bits per heavy atom. The first-order valence-corrected chi connectivity index (χ1v) is 6.58. The van der Waals surface area contributed by atoms with Crippen LogP contribution in [-0.2, 0) is 10.2 Å². The predicted octanol–water partition coefficient (Wildman–Crippen LogP) is 0.180. The summed E-state index contributed by atoms with van der Waals surface area (Å²) in [5.41, 5.74) is 0. The molecule has 6 heteroatoms. The minimum atomic E-state index is -3.37. The SMILES string of the molecule is CC(CCO)CNS(=O)(=O)N(C)C(C)C. The highest BCUT2D eigenvalue weighted by atomic mass is 32.2. The Kier molecular flexibility index (Phi) is 6.35. The van der Waals surface area contributed by atoms with E-state index in [1.807, 2.05) is 20.8 Å². The van der Waals surface area contributed by atoms with Crippen LogP contribution in [0.15, 0.2) is 0 Å². The van der Waals surface area contributed by atoms with Crippen molar-refractivity contribution in [2.45, 2.75) is 33.2 Å². The van der Waals surface area contributed by atoms with Crippen LogP contribution in [0.5, 0.6) is 0 Å². The highest BCUT2D eigenvalue weighted by Gasteiger charge is 2.20. The summed E-state index contributed by atoms with van der Waals surface area (Å²) >= 11 is 0. The van der Waals surface area contributed by atoms with Crippen LogP contribution < -0.4 is 4.72 Å². The standard InChI is InChI=1S/C9H22N2O3S/c1-8(2)11(4)15(13,14)10-7-9(3)5-6-12/h8-10,12H,5-7H2,1-4H3. The second kappa shape index (κ2) is 6.42. The molecule has 1 atom stereocenters. The normalized spacial score (nSPS) is 14.9. The molecule has 0 aromatic carbocycles. The van der Waals surface area contributed by atoms with E-state index in [0.717, 1.165) is 0 Å². The van der Waals surface area contributed by atoms with Gasteiger partial charge in [-0.25, -0.2) is 4.72 Å². The summed E-state index contributed by atoms with van der Waals surface area (Å²) < 4.78 is 27.1. The van der Waals surface area contributed by atoms with Crippen LogP contribution in [0, 0.1) is 5.92 Å². The van der Waals surface area contributed by atoms with E-state index in [9.17, 15) is 8.42 Å². The van der Waals surface area contributed by atoms with Crippen molar-refractivity contribution >= 4 is 10.2 Å². The summed E-state index contributed by atoms with van der Waals surface area (Å²) in [5.74, 6) is 0.144. The van der Waals surface area contributed by atoms with E-state index < -0.39 is 10.2 Å². The Hall–Kier alpha value is -0.170. The van der Waals surface area contributed by atoms with Crippen molar-refractivity contribution in [1.82, 2.24) is 9.03 Å². The topological polar surface area (TPSA) is 69.6 Å². The first-order chi connectivity index (χ1) is 6.81. The molecule has 0 saturated heterocycles. The van der Waals surface area contributed by atoms with Crippen LogP contribution in [0.4, 0.5) is 0 Å². The number of hydrogen-bond donors (Lipinski definition) is 2. The molecule has 0 aliphatic carbocycles. The van der Waals surface area contributed by atoms with Gasteiger partial charge < -0.3 is 5.11 Å². The fourth-order valence-electron chi connectivity index (χ4n) is 0.949. The third-order valence-electron chi connectivity index (χ3n) is 2.34. The van der Waals surface area contributed by atoms with Gasteiger partial charge in [0.2, 0.25) is 0 Å². The van der Waals surface area contributed by atoms with E-state index in [0.29, 0.717) is 13.0 Å². The van der Waals surface area contributed by atoms with E-state index in [1.165, 1.54) is 4.31 Å². The van der Waals surface area contributed by atoms with Gasteiger partial charge in [-0.15, -0.1) is 0 Å². The van der Waals surface area contributed by atoms with Gasteiger partial charge in [-0.05, 0) is 26.2 Å². The minimum Gasteiger partial charge on any atom is -0.396 e. The highest BCUT2D eigenvalue weighted by Crippen LogP contribution is 2.03. The zero-order valence-electron chi connectivity index (χ0n) is 9.90. The van der Waals surface area contributed by atoms with Gasteiger partial charge >= 0.3 is 0 Å². The monoisotopic (exact) mass is 238 g/mol. The molecular weight excluding hydrogens is 216 g/mol. The van der Waals surface area contributed by atoms with E-state index in [2.05, 4.69) is 4.72 Å². The molecule has 92 valence electrons. The molecule has 5 nitrogen and oxygen atoms in total. The van der Waals surface area contributed by atoms with Crippen molar-refractivity contribution in [2.75, 3.05) is 20.2 Å². The molecule has 0 amide bonds. The van der Waals surface area contributed by atoms with Crippen LogP contribution in [-0.4, -0.2) is 44.1 Å². The third-order valence-corrected chi connectivity index (χ3v) is 4.05. The maximum absolute atomic E-state index is 11.6. The average molecular weight is 238 g/mol. The highest BCUT2D eigenvalue weighted by molar-refractivity contribution is 7.87. The molecule has 1 unspecified atom stereocenters. The summed E-state index contributed by atoms with van der Waals surface area (Å²) in [6, 6.07) is -0.0596. The zero-order chi connectivity index (χ0) is 12.1. The zero-order valence-corrected chi connectivity index (χ0v) is 10.7. The minimum absolute atomic E-state index is 0.0596. The molecule has 0 rings (SSSR count). The summed E-state index contributed by atoms with van der Waals surface area (Å²) in [7, 11) is -1.83. The maximum atomic E-state index is 11.6. The van der Waals surface area contributed by atoms with Gasteiger partial charge in [-0.3, -0.25) is 0 Å². The molecule has 0 spiro atoms. The van der Waals surface area contributed by atoms with Crippen molar-refractivity contribution in [2.24, 2.45) is 5.92 Å². The molecular formula is C9H22N2O3S. The lowest BCUT2D eigenvalue weighted by atomic mass is 10.1. The first kappa shape index (κ1) is 14.8. The summed E-state index contributed by atoms with van der Waals surface area (Å²) in [6.07, 6.45) is 0.605. The Morgan fingerprint density at radius 3 is 2.27 bits per heavy atom. The molecule has 0 radical (unpaired) electrons. The Morgan fingerprint density at radius 2 is 1.87 bits per heavy atom. The second-order valence-corrected chi connectivity index (χ2v) is 5.90. The van der Waals surface area contributed by atoms with Crippen LogP contribution in [0.1, 0.15) is 27.2 Å². The van der Waals surface area contributed by atoms with Crippen molar-refractivity contribution in [3.63, 3.8) is 0 Å². The van der Waals surface area contributed by atoms with E-state index in [-0.39, 0.29) is 18.6 Å². The number of nitrogens with one attached hydrogen (secondary N) is 1. The van der Waals surface area contributed by atoms with Crippen LogP contribution in [0.3, 0.4) is 0 Å². The van der Waals surface area contributed by atoms with E-state index >= 15 is 0 Å². The first-order valence-electron chi connectivity index (χ1n) is 5.14. The fraction of sp³-hybridized carbons (Fsp3) is 1.00. The predicted molar refractivity (Wildman–Crippen MR) is 60.7 cm³/mol. The lowest BCUT2D eigenvalue weighted by Crippen LogP contribution is -2.43. The number of aliphatic hydroxyl groups is 1. The molecule has 0 saturated carbocycles. The molecule has 0 aliphatic rings. The van der Waals surface area contributed by atoms with E-state index in [1.54, 1.807) is 7.05 Å². The van der Waals surface area contributed by atoms with Gasteiger partial charge in [0, 0.05) is 26.2 Å². The van der Waals surface area contributed by atoms with Crippen LogP contribution >= 0.6 is 0 Å². The van der Waals surface area contributed by atoms with Crippen molar-refractivity contribution < 1.29 is 13.5 Å². The van der Waals surface area contributed by atoms with Gasteiger partial charge in [-0.1, -0.05) is 6.92 Å². The van der Waals surface area contributed by atoms with Crippen molar-refractivity contribution in [3.8, 4) is 0 Å². The van der Waals surface area contributed by atoms with Crippen molar-refractivity contribution in [1.29, 1.82) is 0 Å². The Balaban J connectivity index is 4.16. The molecule has 2 N–H and O–H groups in total. The van der Waals surface area contributed by atoms with Crippen molar-refractivity contribution in [3.05, 3.63) is 0 Å². The molecule has 0 heterocycles. The quantitative estimate of drug-likeness (QED) is 0.665. The van der Waals surface area contributed by atoms with Gasteiger partial charge in [0.15, 0.2) is 0 Å². The van der Waals surface area contributed by atoms with E-state index in [4.69, 9.17) is 5.11 Å². The van der Waals surface area contributed by atoms with Gasteiger partial charge in [-0.2, -0.15) is 12.7 Å². The third kappa shape index (κ3) is 5.46. The number of rotatable bonds is 7. The molecule has 15 heavy (non-hydrogen) atoms. The summed E-state index contributed by atoms with van der Waals surface area (Å²) in [6.45, 7) is 5.98. The molecule has 0 bridgehead atoms. The summed E-state index contributed by atoms with van der Waals surface area (Å²) in [5, 5.41) is 8.68. The lowest BCUT2D eigenvalue weighted by Gasteiger charge is -2.22. The lowest BCUT2D eigenvalue weighted by molar-refractivity contribution is 0.262. The van der Waals surface area contributed by atoms with Gasteiger partial charge in [0.1, 0.15) is 0 Å². The van der Waals surface area contributed by atoms with Crippen LogP contribution in [0.2, 0.25) is 0 Å². The smallest absolute Gasteiger partial charge is 0.279 e. The number of aliphatic hydroxyl groups excluding tert-OH is 1. The van der Waals surface area contributed by atoms with Crippen LogP contribution in [0.25, 0.3) is 0 Å². The summed E-state index contributed by atoms with van der Waals surface area (Å²) in [4.78, 5) is 0. The molecule has 0 aromatic heterocycles. The molecule has 0 aliphatic heterocycles. The molecule has 0 aromatic rings. The maximum Gasteiger partial charge on any atom is 0.279 e. The number of hydrogen-bond acceptors (Lipinski definition) is 3. The fourth-order valence-corrected chi connectivity index (χ4v) is 2.20. The Labute approximate surface area is 92.7 Å². The Bertz CT molecular complexity index is 265. The van der Waals surface area contributed by atoms with Gasteiger partial charge in [0.25, 0.3) is 10.2 Å². The second-order valence-electron chi connectivity index (χ2n) is 4.08. The van der Waals surface area contributed by atoms with Gasteiger partial charge in [0.05, 0.1) is 0 Å². The average Bonchev–Trinajstić information content (AvgIpc) is 2.14.